The molecule has 1 spiro atoms. The van der Waals surface area contributed by atoms with E-state index < -0.39 is 17.7 Å². The van der Waals surface area contributed by atoms with Gasteiger partial charge in [-0.15, -0.1) is 0 Å². The van der Waals surface area contributed by atoms with Gasteiger partial charge in [-0.3, -0.25) is 0 Å². The number of rotatable bonds is 4. The van der Waals surface area contributed by atoms with Crippen LogP contribution in [0, 0.1) is 0 Å². The second kappa shape index (κ2) is 8.32. The molecule has 0 aromatic heterocycles. The van der Waals surface area contributed by atoms with Gasteiger partial charge >= 0.3 is 11.9 Å². The molecule has 1 heterocycles. The number of ether oxygens (including phenoxy) is 3. The highest BCUT2D eigenvalue weighted by atomic mass is 79.9. The maximum Gasteiger partial charge on any atom is 0.348 e. The highest BCUT2D eigenvalue weighted by Gasteiger charge is 2.48. The molecule has 1 aliphatic heterocycles. The summed E-state index contributed by atoms with van der Waals surface area (Å²) in [5.74, 6) is -1.89. The Bertz CT molecular complexity index is 956. The molecule has 0 unspecified atom stereocenters. The smallest absolute Gasteiger partial charge is 0.348 e. The Balaban J connectivity index is 1.63. The molecule has 1 saturated heterocycles. The molecular formula is C22H18Br2O5. The largest absolute Gasteiger partial charge is 0.487 e. The number of esters is 2. The molecule has 2 aliphatic rings. The molecular weight excluding hydrogens is 504 g/mol. The summed E-state index contributed by atoms with van der Waals surface area (Å²) in [7, 11) is 0. The second-order valence-corrected chi connectivity index (χ2v) is 8.81. The molecule has 2 aromatic rings. The standard InChI is InChI=1S/C22H18Br2O5/c23-16-10-15(19(18(24)12-16)27-13-14-6-2-1-3-7-14)11-17-20(25)28-22(29-21(17)26)8-4-5-9-22/h1-3,6-7,10-12H,4-5,8-9,13H2. The fraction of sp³-hybridized carbons (Fsp3) is 0.273. The molecule has 0 N–H and O–H groups in total. The van der Waals surface area contributed by atoms with Crippen LogP contribution in [0.15, 0.2) is 57.0 Å². The Kier molecular flexibility index (Phi) is 5.79. The SMILES string of the molecule is O=C1OC2(CCCC2)OC(=O)C1=Cc1cc(Br)cc(Br)c1OCc1ccccc1. The summed E-state index contributed by atoms with van der Waals surface area (Å²) in [6.45, 7) is 0.343. The topological polar surface area (TPSA) is 61.8 Å². The minimum atomic E-state index is -1.09. The lowest BCUT2D eigenvalue weighted by molar-refractivity contribution is -0.232. The lowest BCUT2D eigenvalue weighted by atomic mass is 10.1. The average molecular weight is 522 g/mol. The van der Waals surface area contributed by atoms with E-state index >= 15 is 0 Å². The molecule has 0 atom stereocenters. The maximum absolute atomic E-state index is 12.6. The minimum absolute atomic E-state index is 0.142. The van der Waals surface area contributed by atoms with Crippen LogP contribution in [0.5, 0.6) is 5.75 Å². The molecule has 29 heavy (non-hydrogen) atoms. The summed E-state index contributed by atoms with van der Waals surface area (Å²) in [6, 6.07) is 13.3. The molecule has 2 fully saturated rings. The van der Waals surface area contributed by atoms with Gasteiger partial charge in [0, 0.05) is 22.9 Å². The molecule has 1 aliphatic carbocycles. The molecule has 0 radical (unpaired) electrons. The zero-order chi connectivity index (χ0) is 20.4. The number of carbonyl (C=O) groups is 2. The third-order valence-corrected chi connectivity index (χ3v) is 5.97. The Labute approximate surface area is 185 Å². The second-order valence-electron chi connectivity index (χ2n) is 7.04. The first-order valence-corrected chi connectivity index (χ1v) is 10.9. The van der Waals surface area contributed by atoms with Crippen molar-refractivity contribution in [2.24, 2.45) is 0 Å². The first kappa shape index (κ1) is 20.2. The normalized spacial score (nSPS) is 17.8. The maximum atomic E-state index is 12.6. The highest BCUT2D eigenvalue weighted by Crippen LogP contribution is 2.40. The van der Waals surface area contributed by atoms with Gasteiger partial charge in [0.05, 0.1) is 4.47 Å². The fourth-order valence-electron chi connectivity index (χ4n) is 3.51. The summed E-state index contributed by atoms with van der Waals surface area (Å²) in [4.78, 5) is 25.2. The Hall–Kier alpha value is -2.12. The van der Waals surface area contributed by atoms with Crippen molar-refractivity contribution in [2.75, 3.05) is 0 Å². The van der Waals surface area contributed by atoms with Crippen molar-refractivity contribution in [3.05, 3.63) is 68.1 Å². The van der Waals surface area contributed by atoms with E-state index in [0.717, 1.165) is 22.9 Å². The van der Waals surface area contributed by atoms with Crippen molar-refractivity contribution in [2.45, 2.75) is 38.1 Å². The van der Waals surface area contributed by atoms with Gasteiger partial charge in [-0.05, 0) is 52.5 Å². The van der Waals surface area contributed by atoms with Crippen LogP contribution in [0.4, 0.5) is 0 Å². The first-order chi connectivity index (χ1) is 14.0. The van der Waals surface area contributed by atoms with Crippen LogP contribution in [0.25, 0.3) is 6.08 Å². The predicted octanol–water partition coefficient (Wildman–Crippen LogP) is 5.54. The van der Waals surface area contributed by atoms with E-state index in [9.17, 15) is 9.59 Å². The highest BCUT2D eigenvalue weighted by molar-refractivity contribution is 9.11. The van der Waals surface area contributed by atoms with E-state index in [1.807, 2.05) is 36.4 Å². The lowest BCUT2D eigenvalue weighted by Gasteiger charge is -2.32. The number of carbonyl (C=O) groups excluding carboxylic acids is 2. The number of benzene rings is 2. The van der Waals surface area contributed by atoms with E-state index in [4.69, 9.17) is 14.2 Å². The van der Waals surface area contributed by atoms with Crippen LogP contribution in [0.3, 0.4) is 0 Å². The van der Waals surface area contributed by atoms with Gasteiger partial charge in [-0.2, -0.15) is 0 Å². The van der Waals surface area contributed by atoms with Crippen LogP contribution in [0.2, 0.25) is 0 Å². The van der Waals surface area contributed by atoms with Gasteiger partial charge < -0.3 is 14.2 Å². The van der Waals surface area contributed by atoms with Crippen LogP contribution >= 0.6 is 31.9 Å². The van der Waals surface area contributed by atoms with E-state index in [-0.39, 0.29) is 5.57 Å². The minimum Gasteiger partial charge on any atom is -0.487 e. The van der Waals surface area contributed by atoms with Crippen molar-refractivity contribution in [1.29, 1.82) is 0 Å². The number of hydrogen-bond acceptors (Lipinski definition) is 5. The van der Waals surface area contributed by atoms with Crippen molar-refractivity contribution in [3.63, 3.8) is 0 Å². The van der Waals surface area contributed by atoms with Gasteiger partial charge in [-0.1, -0.05) is 46.3 Å². The average Bonchev–Trinajstić information content (AvgIpc) is 3.12. The summed E-state index contributed by atoms with van der Waals surface area (Å²) in [6.07, 6.45) is 4.30. The summed E-state index contributed by atoms with van der Waals surface area (Å²) in [5, 5.41) is 0. The molecule has 4 rings (SSSR count). The van der Waals surface area contributed by atoms with Gasteiger partial charge in [0.25, 0.3) is 5.79 Å². The third kappa shape index (κ3) is 4.41. The molecule has 1 saturated carbocycles. The van der Waals surface area contributed by atoms with Gasteiger partial charge in [0.1, 0.15) is 17.9 Å². The summed E-state index contributed by atoms with van der Waals surface area (Å²) in [5.41, 5.74) is 1.42. The molecule has 2 aromatic carbocycles. The van der Waals surface area contributed by atoms with E-state index in [0.29, 0.717) is 35.2 Å². The van der Waals surface area contributed by atoms with Gasteiger partial charge in [0.15, 0.2) is 0 Å². The number of halogens is 2. The first-order valence-electron chi connectivity index (χ1n) is 9.30. The quantitative estimate of drug-likeness (QED) is 0.300. The van der Waals surface area contributed by atoms with E-state index in [1.165, 1.54) is 6.08 Å². The Morgan fingerprint density at radius 3 is 2.31 bits per heavy atom. The van der Waals surface area contributed by atoms with Crippen molar-refractivity contribution >= 4 is 49.9 Å². The number of hydrogen-bond donors (Lipinski definition) is 0. The predicted molar refractivity (Wildman–Crippen MR) is 114 cm³/mol. The van der Waals surface area contributed by atoms with Crippen molar-refractivity contribution in [1.82, 2.24) is 0 Å². The Morgan fingerprint density at radius 2 is 1.66 bits per heavy atom. The van der Waals surface area contributed by atoms with Crippen molar-refractivity contribution in [3.8, 4) is 5.75 Å². The molecule has 7 heteroatoms. The van der Waals surface area contributed by atoms with Crippen LogP contribution in [-0.4, -0.2) is 17.7 Å². The Morgan fingerprint density at radius 1 is 1.00 bits per heavy atom. The molecule has 0 bridgehead atoms. The monoisotopic (exact) mass is 520 g/mol. The molecule has 150 valence electrons. The van der Waals surface area contributed by atoms with Crippen LogP contribution in [-0.2, 0) is 25.7 Å². The molecule has 5 nitrogen and oxygen atoms in total. The summed E-state index contributed by atoms with van der Waals surface area (Å²) < 4.78 is 18.5. The van der Waals surface area contributed by atoms with Crippen LogP contribution < -0.4 is 4.74 Å². The van der Waals surface area contributed by atoms with Crippen LogP contribution in [0.1, 0.15) is 36.8 Å². The zero-order valence-electron chi connectivity index (χ0n) is 15.5. The summed E-state index contributed by atoms with van der Waals surface area (Å²) >= 11 is 6.94. The van der Waals surface area contributed by atoms with E-state index in [2.05, 4.69) is 31.9 Å². The third-order valence-electron chi connectivity index (χ3n) is 4.93. The fourth-order valence-corrected chi connectivity index (χ4v) is 4.89. The zero-order valence-corrected chi connectivity index (χ0v) is 18.6. The van der Waals surface area contributed by atoms with Gasteiger partial charge in [0.2, 0.25) is 0 Å². The van der Waals surface area contributed by atoms with Crippen molar-refractivity contribution < 1.29 is 23.8 Å². The van der Waals surface area contributed by atoms with Gasteiger partial charge in [-0.25, -0.2) is 9.59 Å². The van der Waals surface area contributed by atoms with E-state index in [1.54, 1.807) is 6.07 Å². The molecule has 0 amide bonds. The lowest BCUT2D eigenvalue weighted by Crippen LogP contribution is -2.44.